The highest BCUT2D eigenvalue weighted by Crippen LogP contribution is 2.40. The zero-order chi connectivity index (χ0) is 13.3. The van der Waals surface area contributed by atoms with E-state index in [0.717, 1.165) is 37.6 Å². The molecule has 0 aliphatic heterocycles. The third kappa shape index (κ3) is 3.36. The number of nitrogens with one attached hydrogen (secondary N) is 1. The Morgan fingerprint density at radius 1 is 1.21 bits per heavy atom. The Morgan fingerprint density at radius 2 is 2.00 bits per heavy atom. The first-order valence-corrected chi connectivity index (χ1v) is 7.80. The SMILES string of the molecule is Clc1ccc(OC2(CCNC3CC3)CCC2)cc1Cl. The quantitative estimate of drug-likeness (QED) is 0.838. The van der Waals surface area contributed by atoms with Crippen LogP contribution in [0.3, 0.4) is 0 Å². The molecule has 0 heterocycles. The van der Waals surface area contributed by atoms with Gasteiger partial charge in [-0.2, -0.15) is 0 Å². The molecule has 0 unspecified atom stereocenters. The molecule has 2 nitrogen and oxygen atoms in total. The highest BCUT2D eigenvalue weighted by Gasteiger charge is 2.39. The lowest BCUT2D eigenvalue weighted by atomic mass is 9.77. The summed E-state index contributed by atoms with van der Waals surface area (Å²) in [7, 11) is 0. The first-order valence-electron chi connectivity index (χ1n) is 7.04. The summed E-state index contributed by atoms with van der Waals surface area (Å²) in [6.07, 6.45) is 7.27. The molecule has 19 heavy (non-hydrogen) atoms. The Kier molecular flexibility index (Phi) is 3.93. The summed E-state index contributed by atoms with van der Waals surface area (Å²) in [6.45, 7) is 1.05. The molecule has 1 N–H and O–H groups in total. The second-order valence-corrected chi connectivity index (χ2v) is 6.51. The van der Waals surface area contributed by atoms with E-state index in [1.54, 1.807) is 6.07 Å². The molecule has 0 radical (unpaired) electrons. The van der Waals surface area contributed by atoms with Gasteiger partial charge in [-0.05, 0) is 57.2 Å². The largest absolute Gasteiger partial charge is 0.487 e. The van der Waals surface area contributed by atoms with Gasteiger partial charge in [-0.1, -0.05) is 23.2 Å². The van der Waals surface area contributed by atoms with Gasteiger partial charge in [0, 0.05) is 12.1 Å². The lowest BCUT2D eigenvalue weighted by molar-refractivity contribution is -0.0142. The molecule has 2 saturated carbocycles. The zero-order valence-corrected chi connectivity index (χ0v) is 12.4. The van der Waals surface area contributed by atoms with Gasteiger partial charge in [-0.3, -0.25) is 0 Å². The van der Waals surface area contributed by atoms with E-state index in [1.165, 1.54) is 19.3 Å². The van der Waals surface area contributed by atoms with Crippen LogP contribution in [-0.2, 0) is 0 Å². The molecular formula is C15H19Cl2NO. The minimum Gasteiger partial charge on any atom is -0.487 e. The Morgan fingerprint density at radius 3 is 2.58 bits per heavy atom. The molecule has 2 fully saturated rings. The number of ether oxygens (including phenoxy) is 1. The average molecular weight is 300 g/mol. The average Bonchev–Trinajstić information content (AvgIpc) is 3.14. The van der Waals surface area contributed by atoms with Crippen LogP contribution in [0.1, 0.15) is 38.5 Å². The molecule has 0 atom stereocenters. The van der Waals surface area contributed by atoms with E-state index in [9.17, 15) is 0 Å². The molecule has 0 aromatic heterocycles. The van der Waals surface area contributed by atoms with Crippen LogP contribution in [0.4, 0.5) is 0 Å². The molecular weight excluding hydrogens is 281 g/mol. The molecule has 4 heteroatoms. The van der Waals surface area contributed by atoms with Gasteiger partial charge < -0.3 is 10.1 Å². The first-order chi connectivity index (χ1) is 9.17. The van der Waals surface area contributed by atoms with Crippen LogP contribution in [0.2, 0.25) is 10.0 Å². The summed E-state index contributed by atoms with van der Waals surface area (Å²) in [5.74, 6) is 0.834. The Hall–Kier alpha value is -0.440. The topological polar surface area (TPSA) is 21.3 Å². The van der Waals surface area contributed by atoms with Crippen molar-refractivity contribution >= 4 is 23.2 Å². The van der Waals surface area contributed by atoms with Crippen molar-refractivity contribution in [1.82, 2.24) is 5.32 Å². The maximum atomic E-state index is 6.19. The number of rotatable bonds is 6. The smallest absolute Gasteiger partial charge is 0.121 e. The minimum atomic E-state index is 0.0129. The van der Waals surface area contributed by atoms with Gasteiger partial charge in [0.25, 0.3) is 0 Å². The Labute approximate surface area is 124 Å². The van der Waals surface area contributed by atoms with E-state index < -0.39 is 0 Å². The third-order valence-corrected chi connectivity index (χ3v) is 4.82. The van der Waals surface area contributed by atoms with E-state index in [1.807, 2.05) is 12.1 Å². The van der Waals surface area contributed by atoms with Crippen LogP contribution in [0.15, 0.2) is 18.2 Å². The number of halogens is 2. The first kappa shape index (κ1) is 13.5. The normalized spacial score (nSPS) is 20.9. The molecule has 0 saturated heterocycles. The van der Waals surface area contributed by atoms with Gasteiger partial charge in [-0.15, -0.1) is 0 Å². The van der Waals surface area contributed by atoms with E-state index in [4.69, 9.17) is 27.9 Å². The van der Waals surface area contributed by atoms with Gasteiger partial charge in [0.15, 0.2) is 0 Å². The van der Waals surface area contributed by atoms with E-state index in [-0.39, 0.29) is 5.60 Å². The second kappa shape index (κ2) is 5.51. The maximum absolute atomic E-state index is 6.19. The molecule has 104 valence electrons. The van der Waals surface area contributed by atoms with Crippen LogP contribution in [-0.4, -0.2) is 18.2 Å². The van der Waals surface area contributed by atoms with E-state index >= 15 is 0 Å². The fourth-order valence-electron chi connectivity index (χ4n) is 2.56. The predicted molar refractivity (Wildman–Crippen MR) is 79.3 cm³/mol. The van der Waals surface area contributed by atoms with Crippen LogP contribution >= 0.6 is 23.2 Å². The molecule has 2 aliphatic carbocycles. The summed E-state index contributed by atoms with van der Waals surface area (Å²) in [4.78, 5) is 0. The highest BCUT2D eigenvalue weighted by molar-refractivity contribution is 6.42. The summed E-state index contributed by atoms with van der Waals surface area (Å²) < 4.78 is 6.19. The molecule has 0 bridgehead atoms. The second-order valence-electron chi connectivity index (χ2n) is 5.69. The molecule has 3 rings (SSSR count). The van der Waals surface area contributed by atoms with Gasteiger partial charge in [0.05, 0.1) is 10.0 Å². The Balaban J connectivity index is 1.59. The van der Waals surface area contributed by atoms with Crippen LogP contribution in [0.25, 0.3) is 0 Å². The van der Waals surface area contributed by atoms with Crippen molar-refractivity contribution in [2.75, 3.05) is 6.54 Å². The summed E-state index contributed by atoms with van der Waals surface area (Å²) >= 11 is 12.0. The lowest BCUT2D eigenvalue weighted by Crippen LogP contribution is -2.45. The van der Waals surface area contributed by atoms with Gasteiger partial charge in [0.1, 0.15) is 11.4 Å². The summed E-state index contributed by atoms with van der Waals surface area (Å²) in [5, 5.41) is 4.70. The third-order valence-electron chi connectivity index (χ3n) is 4.08. The molecule has 0 spiro atoms. The fraction of sp³-hybridized carbons (Fsp3) is 0.600. The Bertz CT molecular complexity index is 455. The molecule has 1 aromatic rings. The van der Waals surface area contributed by atoms with Crippen molar-refractivity contribution in [3.63, 3.8) is 0 Å². The number of benzene rings is 1. The van der Waals surface area contributed by atoms with Crippen molar-refractivity contribution < 1.29 is 4.74 Å². The van der Waals surface area contributed by atoms with Gasteiger partial charge in [-0.25, -0.2) is 0 Å². The fourth-order valence-corrected chi connectivity index (χ4v) is 2.84. The minimum absolute atomic E-state index is 0.0129. The van der Waals surface area contributed by atoms with Gasteiger partial charge in [0.2, 0.25) is 0 Å². The monoisotopic (exact) mass is 299 g/mol. The van der Waals surface area contributed by atoms with E-state index in [0.29, 0.717) is 10.0 Å². The van der Waals surface area contributed by atoms with Crippen molar-refractivity contribution in [1.29, 1.82) is 0 Å². The molecule has 0 amide bonds. The lowest BCUT2D eigenvalue weighted by Gasteiger charge is -2.42. The van der Waals surface area contributed by atoms with Crippen LogP contribution < -0.4 is 10.1 Å². The standard InChI is InChI=1S/C15H19Cl2NO/c16-13-5-4-12(10-14(13)17)19-15(6-1-7-15)8-9-18-11-2-3-11/h4-5,10-11,18H,1-3,6-9H2. The van der Waals surface area contributed by atoms with E-state index in [2.05, 4.69) is 5.32 Å². The highest BCUT2D eigenvalue weighted by atomic mass is 35.5. The molecule has 2 aliphatic rings. The summed E-state index contributed by atoms with van der Waals surface area (Å²) in [6, 6.07) is 6.29. The van der Waals surface area contributed by atoms with Crippen molar-refractivity contribution in [2.45, 2.75) is 50.2 Å². The van der Waals surface area contributed by atoms with Crippen molar-refractivity contribution in [2.24, 2.45) is 0 Å². The predicted octanol–water partition coefficient (Wildman–Crippen LogP) is 4.44. The summed E-state index contributed by atoms with van der Waals surface area (Å²) in [5.41, 5.74) is 0.0129. The number of hydrogen-bond donors (Lipinski definition) is 1. The van der Waals surface area contributed by atoms with Gasteiger partial charge >= 0.3 is 0 Å². The van der Waals surface area contributed by atoms with Crippen molar-refractivity contribution in [3.05, 3.63) is 28.2 Å². The molecule has 1 aromatic carbocycles. The number of hydrogen-bond acceptors (Lipinski definition) is 2. The maximum Gasteiger partial charge on any atom is 0.121 e. The zero-order valence-electron chi connectivity index (χ0n) is 10.9. The van der Waals surface area contributed by atoms with Crippen LogP contribution in [0.5, 0.6) is 5.75 Å². The van der Waals surface area contributed by atoms with Crippen molar-refractivity contribution in [3.8, 4) is 5.75 Å². The van der Waals surface area contributed by atoms with Crippen LogP contribution in [0, 0.1) is 0 Å².